The maximum Gasteiger partial charge on any atom is 0.113 e. The molecule has 0 radical (unpaired) electrons. The predicted molar refractivity (Wildman–Crippen MR) is 69.3 cm³/mol. The van der Waals surface area contributed by atoms with Gasteiger partial charge in [0, 0.05) is 16.1 Å². The van der Waals surface area contributed by atoms with Gasteiger partial charge in [0.2, 0.25) is 0 Å². The molecule has 0 spiro atoms. The van der Waals surface area contributed by atoms with Gasteiger partial charge in [-0.1, -0.05) is 24.3 Å². The molecule has 1 atom stereocenters. The van der Waals surface area contributed by atoms with Gasteiger partial charge in [-0.25, -0.2) is 0 Å². The van der Waals surface area contributed by atoms with Crippen LogP contribution in [0.1, 0.15) is 23.4 Å². The first-order valence-corrected chi connectivity index (χ1v) is 6.16. The Morgan fingerprint density at radius 1 is 1.19 bits per heavy atom. The minimum Gasteiger partial charge on any atom is -0.344 e. The van der Waals surface area contributed by atoms with E-state index in [1.807, 2.05) is 6.92 Å². The van der Waals surface area contributed by atoms with Crippen LogP contribution in [0.15, 0.2) is 46.8 Å². The summed E-state index contributed by atoms with van der Waals surface area (Å²) in [6.07, 6.45) is 0. The highest BCUT2D eigenvalue weighted by molar-refractivity contribution is 7.10. The molecule has 0 saturated heterocycles. The third kappa shape index (κ3) is 1.53. The van der Waals surface area contributed by atoms with Crippen molar-refractivity contribution in [3.8, 4) is 0 Å². The summed E-state index contributed by atoms with van der Waals surface area (Å²) >= 11 is 1.76. The van der Waals surface area contributed by atoms with Crippen molar-refractivity contribution in [3.63, 3.8) is 0 Å². The van der Waals surface area contributed by atoms with Crippen LogP contribution in [0.4, 0.5) is 5.69 Å². The Labute approximate surface area is 98.7 Å². The topological polar surface area (TPSA) is 24.4 Å². The average molecular weight is 228 g/mol. The largest absolute Gasteiger partial charge is 0.344 e. The summed E-state index contributed by atoms with van der Waals surface area (Å²) in [5.41, 5.74) is 2.43. The Kier molecular flexibility index (Phi) is 2.26. The summed E-state index contributed by atoms with van der Waals surface area (Å²) in [5.74, 6) is 0.983. The minimum absolute atomic E-state index is 0.164. The van der Waals surface area contributed by atoms with E-state index in [0.717, 1.165) is 5.84 Å². The van der Waals surface area contributed by atoms with E-state index in [9.17, 15) is 0 Å². The molecule has 80 valence electrons. The molecule has 2 heterocycles. The van der Waals surface area contributed by atoms with E-state index in [2.05, 4.69) is 52.1 Å². The van der Waals surface area contributed by atoms with Gasteiger partial charge in [0.15, 0.2) is 0 Å². The quantitative estimate of drug-likeness (QED) is 0.791. The lowest BCUT2D eigenvalue weighted by Gasteiger charge is -2.23. The standard InChI is InChI=1S/C13H12N2S/c1-9-14-11-6-3-2-5-10(11)13(15-9)12-7-4-8-16-12/h2-8,13H,1H3,(H,14,15). The molecule has 3 rings (SSSR count). The second-order valence-electron chi connectivity index (χ2n) is 3.84. The molecule has 1 aromatic heterocycles. The van der Waals surface area contributed by atoms with Crippen LogP contribution in [0.2, 0.25) is 0 Å². The molecular formula is C13H12N2S. The summed E-state index contributed by atoms with van der Waals surface area (Å²) < 4.78 is 0. The first-order valence-electron chi connectivity index (χ1n) is 5.28. The molecule has 1 unspecified atom stereocenters. The molecule has 0 saturated carbocycles. The van der Waals surface area contributed by atoms with Crippen molar-refractivity contribution in [2.45, 2.75) is 13.0 Å². The number of nitrogens with zero attached hydrogens (tertiary/aromatic N) is 1. The molecule has 0 amide bonds. The van der Waals surface area contributed by atoms with E-state index < -0.39 is 0 Å². The van der Waals surface area contributed by atoms with E-state index in [1.165, 1.54) is 16.1 Å². The Morgan fingerprint density at radius 2 is 2.06 bits per heavy atom. The maximum atomic E-state index is 4.68. The highest BCUT2D eigenvalue weighted by Crippen LogP contribution is 2.36. The number of hydrogen-bond acceptors (Lipinski definition) is 3. The molecule has 1 aromatic carbocycles. The van der Waals surface area contributed by atoms with Crippen molar-refractivity contribution < 1.29 is 0 Å². The second-order valence-corrected chi connectivity index (χ2v) is 4.82. The van der Waals surface area contributed by atoms with Gasteiger partial charge in [-0.15, -0.1) is 11.3 Å². The third-order valence-electron chi connectivity index (χ3n) is 2.71. The molecule has 1 aliphatic rings. The molecule has 2 aromatic rings. The van der Waals surface area contributed by atoms with Crippen LogP contribution in [0.3, 0.4) is 0 Å². The number of rotatable bonds is 1. The zero-order valence-corrected chi connectivity index (χ0v) is 9.79. The van der Waals surface area contributed by atoms with Crippen molar-refractivity contribution in [2.75, 3.05) is 5.32 Å². The molecule has 2 nitrogen and oxygen atoms in total. The second kappa shape index (κ2) is 3.76. The number of fused-ring (bicyclic) bond motifs is 1. The summed E-state index contributed by atoms with van der Waals surface area (Å²) in [7, 11) is 0. The van der Waals surface area contributed by atoms with E-state index in [-0.39, 0.29) is 6.04 Å². The summed E-state index contributed by atoms with van der Waals surface area (Å²) in [6, 6.07) is 12.8. The number of hydrogen-bond donors (Lipinski definition) is 1. The molecule has 0 aliphatic carbocycles. The number of nitrogens with one attached hydrogen (secondary N) is 1. The van der Waals surface area contributed by atoms with E-state index in [0.29, 0.717) is 0 Å². The van der Waals surface area contributed by atoms with Gasteiger partial charge in [-0.2, -0.15) is 0 Å². The van der Waals surface area contributed by atoms with Crippen LogP contribution < -0.4 is 5.32 Å². The highest BCUT2D eigenvalue weighted by Gasteiger charge is 2.21. The smallest absolute Gasteiger partial charge is 0.113 e. The van der Waals surface area contributed by atoms with Gasteiger partial charge in [0.1, 0.15) is 6.04 Å². The Bertz CT molecular complexity index is 529. The molecule has 1 aliphatic heterocycles. The Balaban J connectivity index is 2.13. The summed E-state index contributed by atoms with van der Waals surface area (Å²) in [6.45, 7) is 2.01. The fraction of sp³-hybridized carbons (Fsp3) is 0.154. The van der Waals surface area contributed by atoms with E-state index in [4.69, 9.17) is 0 Å². The first-order chi connectivity index (χ1) is 7.84. The molecule has 0 bridgehead atoms. The van der Waals surface area contributed by atoms with Crippen LogP contribution in [0.25, 0.3) is 0 Å². The Morgan fingerprint density at radius 3 is 2.88 bits per heavy atom. The lowest BCUT2D eigenvalue weighted by molar-refractivity contribution is 0.882. The lowest BCUT2D eigenvalue weighted by Crippen LogP contribution is -2.17. The van der Waals surface area contributed by atoms with Crippen LogP contribution in [-0.4, -0.2) is 5.84 Å². The number of benzene rings is 1. The SMILES string of the molecule is CC1=NC(c2cccs2)c2ccccc2N1. The van der Waals surface area contributed by atoms with Crippen molar-refractivity contribution in [1.82, 2.24) is 0 Å². The van der Waals surface area contributed by atoms with Gasteiger partial charge >= 0.3 is 0 Å². The van der Waals surface area contributed by atoms with Crippen molar-refractivity contribution in [1.29, 1.82) is 0 Å². The summed E-state index contributed by atoms with van der Waals surface area (Å²) in [5, 5.41) is 5.41. The highest BCUT2D eigenvalue weighted by atomic mass is 32.1. The van der Waals surface area contributed by atoms with Gasteiger partial charge < -0.3 is 5.32 Å². The normalized spacial score (nSPS) is 18.6. The number of thiophene rings is 1. The fourth-order valence-corrected chi connectivity index (χ4v) is 2.78. The van der Waals surface area contributed by atoms with Crippen LogP contribution >= 0.6 is 11.3 Å². The van der Waals surface area contributed by atoms with Crippen LogP contribution in [0.5, 0.6) is 0 Å². The number of amidine groups is 1. The first kappa shape index (κ1) is 9.60. The lowest BCUT2D eigenvalue weighted by atomic mass is 10.0. The zero-order chi connectivity index (χ0) is 11.0. The minimum atomic E-state index is 0.164. The fourth-order valence-electron chi connectivity index (χ4n) is 2.00. The molecular weight excluding hydrogens is 216 g/mol. The van der Waals surface area contributed by atoms with E-state index in [1.54, 1.807) is 11.3 Å². The van der Waals surface area contributed by atoms with Crippen molar-refractivity contribution >= 4 is 22.9 Å². The maximum absolute atomic E-state index is 4.68. The monoisotopic (exact) mass is 228 g/mol. The van der Waals surface area contributed by atoms with Gasteiger partial charge in [-0.05, 0) is 24.4 Å². The van der Waals surface area contributed by atoms with Crippen LogP contribution in [0, 0.1) is 0 Å². The molecule has 1 N–H and O–H groups in total. The van der Waals surface area contributed by atoms with E-state index >= 15 is 0 Å². The number of para-hydroxylation sites is 1. The van der Waals surface area contributed by atoms with Gasteiger partial charge in [0.05, 0.1) is 5.84 Å². The molecule has 3 heteroatoms. The molecule has 16 heavy (non-hydrogen) atoms. The average Bonchev–Trinajstić information content (AvgIpc) is 2.81. The molecule has 0 fully saturated rings. The van der Waals surface area contributed by atoms with Crippen molar-refractivity contribution in [3.05, 3.63) is 52.2 Å². The number of aliphatic imine (C=N–C) groups is 1. The van der Waals surface area contributed by atoms with Gasteiger partial charge in [-0.3, -0.25) is 4.99 Å². The van der Waals surface area contributed by atoms with Crippen LogP contribution in [-0.2, 0) is 0 Å². The zero-order valence-electron chi connectivity index (χ0n) is 8.97. The predicted octanol–water partition coefficient (Wildman–Crippen LogP) is 3.68. The van der Waals surface area contributed by atoms with Gasteiger partial charge in [0.25, 0.3) is 0 Å². The van der Waals surface area contributed by atoms with Crippen molar-refractivity contribution in [2.24, 2.45) is 4.99 Å². The third-order valence-corrected chi connectivity index (χ3v) is 3.63. The number of anilines is 1. The summed E-state index contributed by atoms with van der Waals surface area (Å²) in [4.78, 5) is 5.98. The Hall–Kier alpha value is -1.61.